The number of alkyl halides is 1. The summed E-state index contributed by atoms with van der Waals surface area (Å²) in [6.07, 6.45) is 9.58. The number of carbonyl (C=O) groups excluding carboxylic acids is 1. The van der Waals surface area contributed by atoms with Crippen LogP contribution in [0.5, 0.6) is 0 Å². The average Bonchev–Trinajstić information content (AvgIpc) is 3.21. The van der Waals surface area contributed by atoms with Gasteiger partial charge in [-0.2, -0.15) is 0 Å². The molecule has 0 saturated carbocycles. The number of nitrogens with zero attached hydrogens (tertiary/aromatic N) is 2. The van der Waals surface area contributed by atoms with Gasteiger partial charge in [-0.3, -0.25) is 0 Å². The molecule has 4 nitrogen and oxygen atoms in total. The van der Waals surface area contributed by atoms with Gasteiger partial charge >= 0.3 is 159 Å². The summed E-state index contributed by atoms with van der Waals surface area (Å²) in [4.78, 5) is 20.5. The fourth-order valence-corrected chi connectivity index (χ4v) is 6.28. The first-order valence-electron chi connectivity index (χ1n) is 8.73. The second-order valence-corrected chi connectivity index (χ2v) is 10.0. The molecule has 2 aliphatic rings. The summed E-state index contributed by atoms with van der Waals surface area (Å²) >= 11 is 1.53. The number of rotatable bonds is 7. The first kappa shape index (κ1) is 17.9. The SMILES string of the molecule is CCCCC[I-]C1=NOC(=O)/C1=C\c1ccc(N2CCCCC2)s1. The Kier molecular flexibility index (Phi) is 6.71. The molecule has 6 heteroatoms. The molecule has 1 aromatic heterocycles. The van der Waals surface area contributed by atoms with Crippen molar-refractivity contribution in [2.75, 3.05) is 22.4 Å². The Morgan fingerprint density at radius 2 is 2.12 bits per heavy atom. The number of carbonyl (C=O) groups is 1. The Labute approximate surface area is 158 Å². The van der Waals surface area contributed by atoms with Crippen LogP contribution in [0.4, 0.5) is 5.00 Å². The van der Waals surface area contributed by atoms with Gasteiger partial charge in [0.15, 0.2) is 0 Å². The zero-order valence-electron chi connectivity index (χ0n) is 14.1. The topological polar surface area (TPSA) is 41.9 Å². The molecule has 0 aliphatic carbocycles. The van der Waals surface area contributed by atoms with Gasteiger partial charge in [0.25, 0.3) is 0 Å². The van der Waals surface area contributed by atoms with Gasteiger partial charge in [0.05, 0.1) is 0 Å². The van der Waals surface area contributed by atoms with E-state index in [1.54, 1.807) is 11.3 Å². The van der Waals surface area contributed by atoms with Crippen molar-refractivity contribution in [1.29, 1.82) is 0 Å². The van der Waals surface area contributed by atoms with Crippen LogP contribution in [0.2, 0.25) is 0 Å². The monoisotopic (exact) mass is 459 g/mol. The summed E-state index contributed by atoms with van der Waals surface area (Å²) in [7, 11) is 0. The molecule has 0 N–H and O–H groups in total. The molecule has 132 valence electrons. The van der Waals surface area contributed by atoms with Crippen LogP contribution in [0.1, 0.15) is 50.3 Å². The second-order valence-electron chi connectivity index (χ2n) is 6.07. The Morgan fingerprint density at radius 1 is 1.29 bits per heavy atom. The number of oxime groups is 1. The molecule has 3 heterocycles. The van der Waals surface area contributed by atoms with Crippen LogP contribution in [-0.4, -0.2) is 27.2 Å². The number of thiophene rings is 1. The summed E-state index contributed by atoms with van der Waals surface area (Å²) in [5.74, 6) is -0.284. The predicted molar refractivity (Wildman–Crippen MR) is 96.3 cm³/mol. The van der Waals surface area contributed by atoms with E-state index in [0.717, 1.165) is 21.7 Å². The molecule has 0 radical (unpaired) electrons. The minimum absolute atomic E-state index is 0.233. The van der Waals surface area contributed by atoms with E-state index < -0.39 is 0 Å². The van der Waals surface area contributed by atoms with Crippen molar-refractivity contribution < 1.29 is 30.8 Å². The van der Waals surface area contributed by atoms with Crippen LogP contribution < -0.4 is 26.1 Å². The van der Waals surface area contributed by atoms with Gasteiger partial charge in [-0.05, 0) is 0 Å². The second kappa shape index (κ2) is 8.99. The molecule has 2 aliphatic heterocycles. The molecule has 1 aromatic rings. The number of halogens is 1. The third kappa shape index (κ3) is 4.59. The molecule has 0 spiro atoms. The fraction of sp³-hybridized carbons (Fsp3) is 0.556. The normalized spacial score (nSPS) is 19.9. The summed E-state index contributed by atoms with van der Waals surface area (Å²) in [5.41, 5.74) is 0.686. The van der Waals surface area contributed by atoms with Crippen LogP contribution >= 0.6 is 11.3 Å². The van der Waals surface area contributed by atoms with Gasteiger partial charge < -0.3 is 0 Å². The van der Waals surface area contributed by atoms with Crippen molar-refractivity contribution in [3.63, 3.8) is 0 Å². The van der Waals surface area contributed by atoms with Crippen molar-refractivity contribution in [3.05, 3.63) is 22.6 Å². The molecule has 3 rings (SSSR count). The first-order chi connectivity index (χ1) is 11.8. The van der Waals surface area contributed by atoms with Crippen molar-refractivity contribution in [3.8, 4) is 0 Å². The van der Waals surface area contributed by atoms with E-state index in [4.69, 9.17) is 4.84 Å². The third-order valence-corrected chi connectivity index (χ3v) is 8.07. The molecule has 1 saturated heterocycles. The van der Waals surface area contributed by atoms with Crippen LogP contribution in [-0.2, 0) is 9.63 Å². The van der Waals surface area contributed by atoms with Gasteiger partial charge in [-0.15, -0.1) is 0 Å². The van der Waals surface area contributed by atoms with E-state index in [2.05, 4.69) is 29.1 Å². The number of anilines is 1. The van der Waals surface area contributed by atoms with E-state index in [1.807, 2.05) is 6.08 Å². The molecular weight excluding hydrogens is 435 g/mol. The molecule has 0 bridgehead atoms. The quantitative estimate of drug-likeness (QED) is 0.203. The molecule has 24 heavy (non-hydrogen) atoms. The Balaban J connectivity index is 1.66. The van der Waals surface area contributed by atoms with E-state index in [-0.39, 0.29) is 27.2 Å². The standard InChI is InChI=1S/C18H24IN2O2S/c1-2-3-5-10-19-17-15(18(22)23-20-17)13-14-8-9-16(24-14)21-11-6-4-7-12-21/h8-9,13H,2-7,10-12H2,1H3/q-1/b15-13-. The average molecular weight is 459 g/mol. The fourth-order valence-electron chi connectivity index (χ4n) is 2.83. The number of hydrogen-bond acceptors (Lipinski definition) is 5. The van der Waals surface area contributed by atoms with Gasteiger partial charge in [-0.1, -0.05) is 0 Å². The van der Waals surface area contributed by atoms with Gasteiger partial charge in [-0.25, -0.2) is 0 Å². The summed E-state index contributed by atoms with van der Waals surface area (Å²) in [5, 5.41) is 5.34. The van der Waals surface area contributed by atoms with Crippen LogP contribution in [0.3, 0.4) is 0 Å². The van der Waals surface area contributed by atoms with E-state index in [0.29, 0.717) is 5.57 Å². The van der Waals surface area contributed by atoms with Crippen molar-refractivity contribution in [1.82, 2.24) is 0 Å². The molecule has 0 unspecified atom stereocenters. The third-order valence-electron chi connectivity index (χ3n) is 4.18. The van der Waals surface area contributed by atoms with E-state index in [9.17, 15) is 4.79 Å². The summed E-state index contributed by atoms with van der Waals surface area (Å²) in [6, 6.07) is 4.29. The molecule has 0 atom stereocenters. The van der Waals surface area contributed by atoms with E-state index >= 15 is 0 Å². The summed E-state index contributed by atoms with van der Waals surface area (Å²) in [6.45, 7) is 4.50. The molecular formula is C18H24IN2O2S-. The predicted octanol–water partition coefficient (Wildman–Crippen LogP) is 1.27. The maximum absolute atomic E-state index is 12.0. The Bertz CT molecular complexity index is 633. The summed E-state index contributed by atoms with van der Waals surface area (Å²) < 4.78 is 2.09. The number of piperidine rings is 1. The van der Waals surface area contributed by atoms with Crippen LogP contribution in [0.15, 0.2) is 22.9 Å². The van der Waals surface area contributed by atoms with Gasteiger partial charge in [0, 0.05) is 0 Å². The molecule has 0 amide bonds. The number of hydrogen-bond donors (Lipinski definition) is 0. The van der Waals surface area contributed by atoms with Crippen molar-refractivity contribution >= 4 is 32.1 Å². The maximum atomic E-state index is 12.0. The van der Waals surface area contributed by atoms with Crippen LogP contribution in [0.25, 0.3) is 6.08 Å². The van der Waals surface area contributed by atoms with Crippen molar-refractivity contribution in [2.45, 2.75) is 45.4 Å². The zero-order valence-corrected chi connectivity index (χ0v) is 17.1. The van der Waals surface area contributed by atoms with Crippen LogP contribution in [0, 0.1) is 0 Å². The number of unbranched alkanes of at least 4 members (excludes halogenated alkanes) is 2. The molecule has 0 aromatic carbocycles. The Morgan fingerprint density at radius 3 is 2.92 bits per heavy atom. The van der Waals surface area contributed by atoms with Gasteiger partial charge in [0.2, 0.25) is 0 Å². The molecule has 1 fully saturated rings. The minimum atomic E-state index is -0.284. The van der Waals surface area contributed by atoms with Crippen molar-refractivity contribution in [2.24, 2.45) is 5.16 Å². The van der Waals surface area contributed by atoms with Gasteiger partial charge in [0.1, 0.15) is 0 Å². The first-order valence-corrected chi connectivity index (χ1v) is 12.2. The zero-order chi connectivity index (χ0) is 16.8. The van der Waals surface area contributed by atoms with E-state index in [1.165, 1.54) is 48.0 Å². The Hall–Kier alpha value is -0.890.